The normalized spacial score (nSPS) is 26.7. The van der Waals surface area contributed by atoms with E-state index in [0.717, 1.165) is 48.5 Å². The number of methoxy groups -OCH3 is 1. The first-order valence-electron chi connectivity index (χ1n) is 10.6. The monoisotopic (exact) mass is 404 g/mol. The summed E-state index contributed by atoms with van der Waals surface area (Å²) < 4.78 is 13.0. The fourth-order valence-electron chi connectivity index (χ4n) is 5.96. The van der Waals surface area contributed by atoms with Gasteiger partial charge in [0.1, 0.15) is 17.0 Å². The molecule has 2 atom stereocenters. The number of piperidine rings is 1. The molecular formula is C24H28N4O2. The molecule has 3 aromatic rings. The van der Waals surface area contributed by atoms with Crippen LogP contribution in [-0.4, -0.2) is 56.1 Å². The molecule has 1 saturated heterocycles. The second-order valence-electron chi connectivity index (χ2n) is 9.25. The predicted molar refractivity (Wildman–Crippen MR) is 118 cm³/mol. The Morgan fingerprint density at radius 1 is 1.23 bits per heavy atom. The van der Waals surface area contributed by atoms with Crippen LogP contribution in [0.2, 0.25) is 0 Å². The number of nitrogens with zero attached hydrogens (tertiary/aromatic N) is 2. The molecule has 1 aromatic heterocycles. The van der Waals surface area contributed by atoms with Crippen LogP contribution in [0.5, 0.6) is 11.5 Å². The summed E-state index contributed by atoms with van der Waals surface area (Å²) in [5.74, 6) is 1.87. The number of H-pyrrole nitrogens is 1. The highest BCUT2D eigenvalue weighted by Crippen LogP contribution is 2.65. The maximum Gasteiger partial charge on any atom is 0.166 e. The third kappa shape index (κ3) is 2.05. The fourth-order valence-corrected chi connectivity index (χ4v) is 5.96. The van der Waals surface area contributed by atoms with Gasteiger partial charge in [-0.15, -0.1) is 0 Å². The minimum atomic E-state index is -0.398. The summed E-state index contributed by atoms with van der Waals surface area (Å²) in [5, 5.41) is 5.06. The van der Waals surface area contributed by atoms with E-state index in [4.69, 9.17) is 9.47 Å². The average Bonchev–Trinajstić information content (AvgIpc) is 3.33. The van der Waals surface area contributed by atoms with Gasteiger partial charge in [0, 0.05) is 49.1 Å². The second kappa shape index (κ2) is 5.93. The third-order valence-electron chi connectivity index (χ3n) is 7.15. The Bertz CT molecular complexity index is 1170. The van der Waals surface area contributed by atoms with Gasteiger partial charge in [0.2, 0.25) is 0 Å². The number of likely N-dealkylation sites (tertiary alicyclic amines) is 1. The van der Waals surface area contributed by atoms with E-state index in [9.17, 15) is 0 Å². The zero-order valence-electron chi connectivity index (χ0n) is 18.0. The Balaban J connectivity index is 1.67. The number of para-hydroxylation sites is 1. The molecule has 3 aliphatic heterocycles. The lowest BCUT2D eigenvalue weighted by Crippen LogP contribution is -2.60. The van der Waals surface area contributed by atoms with Crippen molar-refractivity contribution in [1.82, 2.24) is 14.8 Å². The number of aromatic nitrogens is 1. The number of likely N-dealkylation sites (N-methyl/N-ethyl adjacent to an activating group) is 1. The molecule has 1 fully saturated rings. The molecular weight excluding hydrogens is 376 g/mol. The Morgan fingerprint density at radius 3 is 2.87 bits per heavy atom. The minimum Gasteiger partial charge on any atom is -0.495 e. The number of hydrogen-bond acceptors (Lipinski definition) is 5. The summed E-state index contributed by atoms with van der Waals surface area (Å²) in [6.45, 7) is 2.73. The van der Waals surface area contributed by atoms with Crippen molar-refractivity contribution in [3.63, 3.8) is 0 Å². The van der Waals surface area contributed by atoms with Crippen molar-refractivity contribution in [1.29, 1.82) is 0 Å². The van der Waals surface area contributed by atoms with Crippen LogP contribution in [0.3, 0.4) is 0 Å². The van der Waals surface area contributed by atoms with E-state index in [1.807, 2.05) is 0 Å². The topological polar surface area (TPSA) is 52.8 Å². The van der Waals surface area contributed by atoms with Gasteiger partial charge in [-0.25, -0.2) is 0 Å². The number of aromatic amines is 1. The number of nitrogens with one attached hydrogen (secondary N) is 2. The van der Waals surface area contributed by atoms with E-state index in [0.29, 0.717) is 0 Å². The van der Waals surface area contributed by atoms with Crippen LogP contribution >= 0.6 is 0 Å². The van der Waals surface area contributed by atoms with Gasteiger partial charge in [-0.3, -0.25) is 0 Å². The van der Waals surface area contributed by atoms with Crippen molar-refractivity contribution in [2.75, 3.05) is 46.7 Å². The van der Waals surface area contributed by atoms with E-state index >= 15 is 0 Å². The molecule has 4 heterocycles. The smallest absolute Gasteiger partial charge is 0.166 e. The van der Waals surface area contributed by atoms with E-state index in [1.165, 1.54) is 22.4 Å². The van der Waals surface area contributed by atoms with Crippen molar-refractivity contribution >= 4 is 16.6 Å². The number of fused-ring (bicyclic) bond motifs is 4. The molecule has 2 aromatic carbocycles. The Kier molecular flexibility index (Phi) is 3.58. The Hall–Kier alpha value is -2.70. The van der Waals surface area contributed by atoms with Gasteiger partial charge >= 0.3 is 0 Å². The zero-order chi connectivity index (χ0) is 20.7. The molecule has 6 heteroatoms. The number of ether oxygens (including phenoxy) is 2. The summed E-state index contributed by atoms with van der Waals surface area (Å²) >= 11 is 0. The van der Waals surface area contributed by atoms with Crippen LogP contribution in [0.1, 0.15) is 23.1 Å². The van der Waals surface area contributed by atoms with Crippen LogP contribution in [0.4, 0.5) is 5.69 Å². The zero-order valence-corrected chi connectivity index (χ0v) is 18.0. The van der Waals surface area contributed by atoms with E-state index < -0.39 is 5.60 Å². The minimum absolute atomic E-state index is 0.326. The molecule has 6 rings (SSSR count). The molecule has 3 aliphatic rings. The first-order chi connectivity index (χ1) is 14.5. The number of anilines is 1. The van der Waals surface area contributed by atoms with Crippen LogP contribution in [0, 0.1) is 0 Å². The summed E-state index contributed by atoms with van der Waals surface area (Å²) in [4.78, 5) is 8.05. The molecule has 6 nitrogen and oxygen atoms in total. The van der Waals surface area contributed by atoms with Crippen LogP contribution in [0.25, 0.3) is 10.9 Å². The molecule has 0 saturated carbocycles. The van der Waals surface area contributed by atoms with Crippen LogP contribution < -0.4 is 14.8 Å². The van der Waals surface area contributed by atoms with Crippen LogP contribution in [-0.2, 0) is 17.7 Å². The van der Waals surface area contributed by atoms with E-state index in [2.05, 4.69) is 77.8 Å². The Morgan fingerprint density at radius 2 is 2.07 bits per heavy atom. The lowest BCUT2D eigenvalue weighted by Gasteiger charge is -2.46. The molecule has 0 radical (unpaired) electrons. The lowest BCUT2D eigenvalue weighted by molar-refractivity contribution is -0.0245. The maximum absolute atomic E-state index is 7.10. The van der Waals surface area contributed by atoms with Gasteiger partial charge in [0.25, 0.3) is 0 Å². The van der Waals surface area contributed by atoms with E-state index in [-0.39, 0.29) is 5.54 Å². The van der Waals surface area contributed by atoms with Crippen molar-refractivity contribution in [3.8, 4) is 11.5 Å². The second-order valence-corrected chi connectivity index (χ2v) is 9.25. The van der Waals surface area contributed by atoms with Crippen molar-refractivity contribution in [2.45, 2.75) is 24.1 Å². The first kappa shape index (κ1) is 18.1. The SMILES string of the molecule is COc1cc2c(c3c(CN(C)C)c[nH]c13)O[C@]13CCN(C)C[C@]21Nc1ccccc13. The van der Waals surface area contributed by atoms with Crippen LogP contribution in [0.15, 0.2) is 36.5 Å². The van der Waals surface area contributed by atoms with Crippen molar-refractivity contribution < 1.29 is 9.47 Å². The number of benzene rings is 2. The first-order valence-corrected chi connectivity index (χ1v) is 10.6. The summed E-state index contributed by atoms with van der Waals surface area (Å²) in [5.41, 5.74) is 5.17. The van der Waals surface area contributed by atoms with E-state index in [1.54, 1.807) is 7.11 Å². The summed E-state index contributed by atoms with van der Waals surface area (Å²) in [7, 11) is 8.14. The predicted octanol–water partition coefficient (Wildman–Crippen LogP) is 3.48. The van der Waals surface area contributed by atoms with Gasteiger partial charge < -0.3 is 29.6 Å². The highest BCUT2D eigenvalue weighted by Gasteiger charge is 2.68. The molecule has 156 valence electrons. The van der Waals surface area contributed by atoms with Crippen molar-refractivity contribution in [3.05, 3.63) is 53.2 Å². The summed E-state index contributed by atoms with van der Waals surface area (Å²) in [6.07, 6.45) is 3.04. The number of hydrogen-bond donors (Lipinski definition) is 2. The van der Waals surface area contributed by atoms with Gasteiger partial charge in [0.15, 0.2) is 5.60 Å². The Labute approximate surface area is 176 Å². The van der Waals surface area contributed by atoms with Gasteiger partial charge in [-0.05, 0) is 38.8 Å². The summed E-state index contributed by atoms with van der Waals surface area (Å²) in [6, 6.07) is 10.8. The highest BCUT2D eigenvalue weighted by molar-refractivity contribution is 5.97. The molecule has 2 N–H and O–H groups in total. The molecule has 0 spiro atoms. The highest BCUT2D eigenvalue weighted by atomic mass is 16.5. The van der Waals surface area contributed by atoms with Gasteiger partial charge in [0.05, 0.1) is 18.0 Å². The van der Waals surface area contributed by atoms with Gasteiger partial charge in [-0.2, -0.15) is 0 Å². The third-order valence-corrected chi connectivity index (χ3v) is 7.15. The molecule has 30 heavy (non-hydrogen) atoms. The van der Waals surface area contributed by atoms with Crippen molar-refractivity contribution in [2.24, 2.45) is 0 Å². The number of rotatable bonds is 3. The molecule has 0 amide bonds. The lowest BCUT2D eigenvalue weighted by atomic mass is 9.71. The largest absolute Gasteiger partial charge is 0.495 e. The quantitative estimate of drug-likeness (QED) is 0.700. The maximum atomic E-state index is 7.10. The molecule has 0 unspecified atom stereocenters. The molecule has 0 bridgehead atoms. The average molecular weight is 405 g/mol. The van der Waals surface area contributed by atoms with Gasteiger partial charge in [-0.1, -0.05) is 18.2 Å². The standard InChI is InChI=1S/C24H28N4O2/c1-27(2)13-15-12-25-21-19(29-4)11-17-22(20(15)21)30-24-9-10-28(3)14-23(17,24)26-18-8-6-5-7-16(18)24/h5-8,11-12,25-26H,9-10,13-14H2,1-4H3/t23-,24-/m0/s1. The molecule has 0 aliphatic carbocycles. The fraction of sp³-hybridized carbons (Fsp3) is 0.417.